The number of rotatable bonds is 2. The van der Waals surface area contributed by atoms with Crippen LogP contribution >= 0.6 is 11.6 Å². The van der Waals surface area contributed by atoms with Crippen molar-refractivity contribution in [2.24, 2.45) is 0 Å². The van der Waals surface area contributed by atoms with E-state index in [1.807, 2.05) is 30.3 Å². The Kier molecular flexibility index (Phi) is 3.20. The fraction of sp³-hybridized carbons (Fsp3) is 0. The molecule has 0 bridgehead atoms. The zero-order chi connectivity index (χ0) is 15.8. The van der Waals surface area contributed by atoms with Crippen molar-refractivity contribution in [2.45, 2.75) is 0 Å². The van der Waals surface area contributed by atoms with E-state index < -0.39 is 0 Å². The van der Waals surface area contributed by atoms with Crippen molar-refractivity contribution < 1.29 is 5.11 Å². The van der Waals surface area contributed by atoms with Crippen LogP contribution in [0, 0.1) is 0 Å². The third-order valence-corrected chi connectivity index (χ3v) is 3.85. The summed E-state index contributed by atoms with van der Waals surface area (Å²) >= 11 is 6.20. The molecule has 4 rings (SSSR count). The summed E-state index contributed by atoms with van der Waals surface area (Å²) in [6, 6.07) is 16.3. The van der Waals surface area contributed by atoms with Crippen molar-refractivity contribution in [1.82, 2.24) is 20.0 Å². The average molecular weight is 323 g/mol. The standard InChI is InChI=1S/C17H11ClN4O/c18-14-3-1-2-11-4-9-15(19-17(11)14)16-10-22(21-20-16)12-5-7-13(23)8-6-12/h1-10,23H. The van der Waals surface area contributed by atoms with Crippen LogP contribution < -0.4 is 0 Å². The Bertz CT molecular complexity index is 995. The fourth-order valence-corrected chi connectivity index (χ4v) is 2.59. The van der Waals surface area contributed by atoms with Crippen LogP contribution in [-0.2, 0) is 0 Å². The smallest absolute Gasteiger partial charge is 0.131 e. The van der Waals surface area contributed by atoms with Gasteiger partial charge in [0.05, 0.1) is 28.1 Å². The minimum atomic E-state index is 0.208. The van der Waals surface area contributed by atoms with Gasteiger partial charge in [-0.25, -0.2) is 9.67 Å². The normalized spacial score (nSPS) is 11.0. The Morgan fingerprint density at radius 1 is 0.913 bits per heavy atom. The van der Waals surface area contributed by atoms with Crippen molar-refractivity contribution >= 4 is 22.5 Å². The fourth-order valence-electron chi connectivity index (χ4n) is 2.37. The minimum absolute atomic E-state index is 0.208. The lowest BCUT2D eigenvalue weighted by atomic mass is 10.2. The molecule has 0 radical (unpaired) electrons. The number of phenols is 1. The Hall–Kier alpha value is -2.92. The third-order valence-electron chi connectivity index (χ3n) is 3.54. The summed E-state index contributed by atoms with van der Waals surface area (Å²) in [5, 5.41) is 19.2. The van der Waals surface area contributed by atoms with Crippen LogP contribution in [0.3, 0.4) is 0 Å². The van der Waals surface area contributed by atoms with E-state index in [4.69, 9.17) is 11.6 Å². The first-order valence-electron chi connectivity index (χ1n) is 6.98. The van der Waals surface area contributed by atoms with E-state index in [9.17, 15) is 5.11 Å². The summed E-state index contributed by atoms with van der Waals surface area (Å²) in [4.78, 5) is 4.58. The molecule has 0 amide bonds. The van der Waals surface area contributed by atoms with Crippen LogP contribution in [0.1, 0.15) is 0 Å². The largest absolute Gasteiger partial charge is 0.508 e. The quantitative estimate of drug-likeness (QED) is 0.609. The third kappa shape index (κ3) is 2.51. The van der Waals surface area contributed by atoms with Gasteiger partial charge in [0.15, 0.2) is 0 Å². The van der Waals surface area contributed by atoms with E-state index in [0.717, 1.165) is 16.6 Å². The van der Waals surface area contributed by atoms with Gasteiger partial charge in [-0.2, -0.15) is 0 Å². The molecule has 0 spiro atoms. The van der Waals surface area contributed by atoms with Gasteiger partial charge in [-0.15, -0.1) is 5.10 Å². The molecule has 0 fully saturated rings. The number of benzene rings is 2. The molecule has 6 heteroatoms. The first-order chi connectivity index (χ1) is 11.2. The molecule has 2 aromatic heterocycles. The van der Waals surface area contributed by atoms with Crippen LogP contribution in [0.2, 0.25) is 5.02 Å². The summed E-state index contributed by atoms with van der Waals surface area (Å²) in [5.74, 6) is 0.208. The molecule has 0 saturated carbocycles. The van der Waals surface area contributed by atoms with Crippen LogP contribution in [0.25, 0.3) is 28.0 Å². The highest BCUT2D eigenvalue weighted by Crippen LogP contribution is 2.25. The molecule has 0 aliphatic rings. The highest BCUT2D eigenvalue weighted by molar-refractivity contribution is 6.35. The summed E-state index contributed by atoms with van der Waals surface area (Å²) < 4.78 is 1.63. The van der Waals surface area contributed by atoms with E-state index in [0.29, 0.717) is 16.4 Å². The number of halogens is 1. The van der Waals surface area contributed by atoms with E-state index in [1.165, 1.54) is 0 Å². The van der Waals surface area contributed by atoms with Crippen molar-refractivity contribution in [2.75, 3.05) is 0 Å². The van der Waals surface area contributed by atoms with Crippen molar-refractivity contribution in [3.63, 3.8) is 0 Å². The summed E-state index contributed by atoms with van der Waals surface area (Å²) in [6.45, 7) is 0. The van der Waals surface area contributed by atoms with E-state index in [1.54, 1.807) is 35.1 Å². The van der Waals surface area contributed by atoms with E-state index >= 15 is 0 Å². The molecule has 0 unspecified atom stereocenters. The molecule has 1 N–H and O–H groups in total. The second kappa shape index (κ2) is 5.37. The topological polar surface area (TPSA) is 63.8 Å². The average Bonchev–Trinajstić information content (AvgIpc) is 3.06. The van der Waals surface area contributed by atoms with Gasteiger partial charge in [0, 0.05) is 5.39 Å². The Balaban J connectivity index is 1.77. The maximum absolute atomic E-state index is 9.35. The molecule has 5 nitrogen and oxygen atoms in total. The molecule has 0 saturated heterocycles. The van der Waals surface area contributed by atoms with Crippen LogP contribution in [0.15, 0.2) is 60.8 Å². The predicted octanol–water partition coefficient (Wildman–Crippen LogP) is 3.84. The summed E-state index contributed by atoms with van der Waals surface area (Å²) in [7, 11) is 0. The molecule has 0 aliphatic heterocycles. The zero-order valence-corrected chi connectivity index (χ0v) is 12.6. The van der Waals surface area contributed by atoms with Gasteiger partial charge in [0.25, 0.3) is 0 Å². The molecular weight excluding hydrogens is 312 g/mol. The molecule has 2 aromatic carbocycles. The van der Waals surface area contributed by atoms with Crippen molar-refractivity contribution in [1.29, 1.82) is 0 Å². The van der Waals surface area contributed by atoms with Gasteiger partial charge in [-0.05, 0) is 36.4 Å². The lowest BCUT2D eigenvalue weighted by molar-refractivity contribution is 0.475. The van der Waals surface area contributed by atoms with Crippen LogP contribution in [-0.4, -0.2) is 25.1 Å². The van der Waals surface area contributed by atoms with Gasteiger partial charge in [0.1, 0.15) is 11.4 Å². The van der Waals surface area contributed by atoms with E-state index in [-0.39, 0.29) is 5.75 Å². The number of nitrogens with zero attached hydrogens (tertiary/aromatic N) is 4. The van der Waals surface area contributed by atoms with Gasteiger partial charge in [-0.3, -0.25) is 0 Å². The van der Waals surface area contributed by atoms with Crippen molar-refractivity contribution in [3.05, 3.63) is 65.8 Å². The van der Waals surface area contributed by atoms with Gasteiger partial charge < -0.3 is 5.11 Å². The van der Waals surface area contributed by atoms with Gasteiger partial charge in [-0.1, -0.05) is 35.0 Å². The Labute approximate surface area is 136 Å². The lowest BCUT2D eigenvalue weighted by Gasteiger charge is -2.02. The minimum Gasteiger partial charge on any atom is -0.508 e. The Morgan fingerprint density at radius 2 is 1.74 bits per heavy atom. The monoisotopic (exact) mass is 322 g/mol. The molecule has 23 heavy (non-hydrogen) atoms. The highest BCUT2D eigenvalue weighted by Gasteiger charge is 2.09. The number of aromatic nitrogens is 4. The summed E-state index contributed by atoms with van der Waals surface area (Å²) in [6.07, 6.45) is 1.79. The molecular formula is C17H11ClN4O. The number of para-hydroxylation sites is 1. The predicted molar refractivity (Wildman–Crippen MR) is 88.8 cm³/mol. The van der Waals surface area contributed by atoms with Gasteiger partial charge >= 0.3 is 0 Å². The van der Waals surface area contributed by atoms with Crippen molar-refractivity contribution in [3.8, 4) is 22.8 Å². The SMILES string of the molecule is Oc1ccc(-n2cc(-c3ccc4cccc(Cl)c4n3)nn2)cc1. The number of hydrogen-bond donors (Lipinski definition) is 1. The second-order valence-corrected chi connectivity index (χ2v) is 5.48. The number of fused-ring (bicyclic) bond motifs is 1. The van der Waals surface area contributed by atoms with Crippen LogP contribution in [0.4, 0.5) is 0 Å². The molecule has 4 aromatic rings. The first kappa shape index (κ1) is 13.7. The lowest BCUT2D eigenvalue weighted by Crippen LogP contribution is -1.93. The Morgan fingerprint density at radius 3 is 2.57 bits per heavy atom. The number of phenolic OH excluding ortho intramolecular Hbond substituents is 1. The zero-order valence-electron chi connectivity index (χ0n) is 11.9. The number of pyridine rings is 1. The number of hydrogen-bond acceptors (Lipinski definition) is 4. The molecule has 0 aliphatic carbocycles. The maximum Gasteiger partial charge on any atom is 0.131 e. The van der Waals surface area contributed by atoms with E-state index in [2.05, 4.69) is 15.3 Å². The highest BCUT2D eigenvalue weighted by atomic mass is 35.5. The molecule has 2 heterocycles. The summed E-state index contributed by atoms with van der Waals surface area (Å²) in [5.41, 5.74) is 2.90. The second-order valence-electron chi connectivity index (χ2n) is 5.07. The van der Waals surface area contributed by atoms with Gasteiger partial charge in [0.2, 0.25) is 0 Å². The first-order valence-corrected chi connectivity index (χ1v) is 7.36. The van der Waals surface area contributed by atoms with Crippen LogP contribution in [0.5, 0.6) is 5.75 Å². The maximum atomic E-state index is 9.35. The molecule has 0 atom stereocenters. The number of aromatic hydroxyl groups is 1. The molecule has 112 valence electrons.